The molecule has 0 aliphatic heterocycles. The molecule has 0 nitrogen and oxygen atoms in total. The summed E-state index contributed by atoms with van der Waals surface area (Å²) in [6, 6.07) is 21.7. The molecule has 0 amide bonds. The molecular formula is C16H13Zr-. The van der Waals surface area contributed by atoms with Crippen molar-refractivity contribution in [3.8, 4) is 11.1 Å². The van der Waals surface area contributed by atoms with Gasteiger partial charge in [-0.3, -0.25) is 0 Å². The van der Waals surface area contributed by atoms with Gasteiger partial charge in [-0.05, 0) is 6.92 Å². The van der Waals surface area contributed by atoms with Crippen LogP contribution in [0.5, 0.6) is 0 Å². The fourth-order valence-electron chi connectivity index (χ4n) is 2.06. The molecule has 1 heteroatoms. The van der Waals surface area contributed by atoms with Crippen LogP contribution in [0.3, 0.4) is 0 Å². The molecule has 0 bridgehead atoms. The van der Waals surface area contributed by atoms with Crippen LogP contribution in [0, 0.1) is 6.92 Å². The van der Waals surface area contributed by atoms with Crippen molar-refractivity contribution in [1.29, 1.82) is 0 Å². The van der Waals surface area contributed by atoms with Crippen molar-refractivity contribution in [3.05, 3.63) is 66.2 Å². The van der Waals surface area contributed by atoms with Gasteiger partial charge in [0.2, 0.25) is 0 Å². The third kappa shape index (κ3) is 2.45. The van der Waals surface area contributed by atoms with Gasteiger partial charge in [0.05, 0.1) is 0 Å². The SMILES string of the molecule is Cc1ccc(-c2cc3ccccc3[cH-]2)cc1.[Zr]. The molecule has 0 spiro atoms. The summed E-state index contributed by atoms with van der Waals surface area (Å²) < 4.78 is 0. The van der Waals surface area contributed by atoms with Crippen molar-refractivity contribution in [1.82, 2.24) is 0 Å². The Bertz CT molecular complexity index is 584. The molecule has 0 fully saturated rings. The summed E-state index contributed by atoms with van der Waals surface area (Å²) in [5.74, 6) is 0. The summed E-state index contributed by atoms with van der Waals surface area (Å²) in [5, 5.41) is 2.64. The Morgan fingerprint density at radius 3 is 2.29 bits per heavy atom. The molecule has 3 aromatic carbocycles. The molecule has 0 N–H and O–H groups in total. The summed E-state index contributed by atoms with van der Waals surface area (Å²) >= 11 is 0. The topological polar surface area (TPSA) is 0 Å². The molecule has 0 saturated carbocycles. The Morgan fingerprint density at radius 1 is 0.882 bits per heavy atom. The van der Waals surface area contributed by atoms with Crippen LogP contribution in [-0.2, 0) is 26.2 Å². The molecular weight excluding hydrogens is 283 g/mol. The minimum absolute atomic E-state index is 0. The first-order valence-corrected chi connectivity index (χ1v) is 5.55. The van der Waals surface area contributed by atoms with E-state index in [2.05, 4.69) is 67.6 Å². The van der Waals surface area contributed by atoms with Crippen molar-refractivity contribution in [2.45, 2.75) is 6.92 Å². The van der Waals surface area contributed by atoms with E-state index in [4.69, 9.17) is 0 Å². The Kier molecular flexibility index (Phi) is 3.69. The van der Waals surface area contributed by atoms with Gasteiger partial charge >= 0.3 is 0 Å². The Labute approximate surface area is 121 Å². The van der Waals surface area contributed by atoms with Crippen LogP contribution in [0.15, 0.2) is 60.7 Å². The van der Waals surface area contributed by atoms with E-state index in [0.29, 0.717) is 0 Å². The molecule has 0 aromatic heterocycles. The number of rotatable bonds is 1. The van der Waals surface area contributed by atoms with Crippen LogP contribution in [0.25, 0.3) is 21.9 Å². The van der Waals surface area contributed by atoms with E-state index in [0.717, 1.165) is 0 Å². The normalized spacial score (nSPS) is 10.2. The second kappa shape index (κ2) is 5.06. The molecule has 3 aromatic rings. The van der Waals surface area contributed by atoms with Crippen LogP contribution in [0.2, 0.25) is 0 Å². The number of hydrogen-bond acceptors (Lipinski definition) is 0. The van der Waals surface area contributed by atoms with E-state index in [9.17, 15) is 0 Å². The third-order valence-electron chi connectivity index (χ3n) is 3.00. The second-order valence-corrected chi connectivity index (χ2v) is 4.24. The molecule has 0 saturated heterocycles. The summed E-state index contributed by atoms with van der Waals surface area (Å²) in [6.45, 7) is 2.12. The number of hydrogen-bond donors (Lipinski definition) is 0. The van der Waals surface area contributed by atoms with E-state index >= 15 is 0 Å². The Morgan fingerprint density at radius 2 is 1.59 bits per heavy atom. The van der Waals surface area contributed by atoms with Crippen LogP contribution in [-0.4, -0.2) is 0 Å². The first-order valence-electron chi connectivity index (χ1n) is 5.55. The van der Waals surface area contributed by atoms with Gasteiger partial charge in [0, 0.05) is 26.2 Å². The number of aryl methyl sites for hydroxylation is 1. The standard InChI is InChI=1S/C16H13.Zr/c1-12-6-8-13(9-7-12)16-10-14-4-2-3-5-15(14)11-16;/h2-11H,1H3;/q-1;. The van der Waals surface area contributed by atoms with Gasteiger partial charge in [0.1, 0.15) is 0 Å². The van der Waals surface area contributed by atoms with Crippen LogP contribution >= 0.6 is 0 Å². The van der Waals surface area contributed by atoms with Crippen LogP contribution < -0.4 is 0 Å². The maximum absolute atomic E-state index is 2.25. The average Bonchev–Trinajstić information content (AvgIpc) is 2.73. The molecule has 17 heavy (non-hydrogen) atoms. The zero-order valence-electron chi connectivity index (χ0n) is 9.77. The average molecular weight is 297 g/mol. The fraction of sp³-hybridized carbons (Fsp3) is 0.0625. The predicted molar refractivity (Wildman–Crippen MR) is 69.7 cm³/mol. The molecule has 0 heterocycles. The molecule has 3 rings (SSSR count). The monoisotopic (exact) mass is 295 g/mol. The number of benzene rings is 2. The van der Waals surface area contributed by atoms with Crippen molar-refractivity contribution < 1.29 is 26.2 Å². The summed E-state index contributed by atoms with van der Waals surface area (Å²) in [5.41, 5.74) is 3.91. The van der Waals surface area contributed by atoms with Gasteiger partial charge in [-0.1, -0.05) is 53.6 Å². The Balaban J connectivity index is 0.00000108. The van der Waals surface area contributed by atoms with Gasteiger partial charge in [-0.25, -0.2) is 0 Å². The molecule has 0 aliphatic carbocycles. The van der Waals surface area contributed by atoms with Crippen molar-refractivity contribution in [3.63, 3.8) is 0 Å². The van der Waals surface area contributed by atoms with E-state index < -0.39 is 0 Å². The third-order valence-corrected chi connectivity index (χ3v) is 3.00. The minimum atomic E-state index is 0. The molecule has 0 aliphatic rings. The largest absolute Gasteiger partial charge is 0.145 e. The van der Waals surface area contributed by atoms with E-state index in [1.54, 1.807) is 0 Å². The van der Waals surface area contributed by atoms with Gasteiger partial charge < -0.3 is 0 Å². The fourth-order valence-corrected chi connectivity index (χ4v) is 2.06. The predicted octanol–water partition coefficient (Wildman–Crippen LogP) is 4.53. The molecule has 0 atom stereocenters. The molecule has 0 radical (unpaired) electrons. The number of fused-ring (bicyclic) bond motifs is 1. The zero-order chi connectivity index (χ0) is 11.0. The smallest absolute Gasteiger partial charge is 0 e. The van der Waals surface area contributed by atoms with Crippen molar-refractivity contribution in [2.75, 3.05) is 0 Å². The van der Waals surface area contributed by atoms with E-state index in [1.807, 2.05) is 0 Å². The first kappa shape index (κ1) is 12.4. The van der Waals surface area contributed by atoms with Crippen molar-refractivity contribution >= 4 is 10.8 Å². The quantitative estimate of drug-likeness (QED) is 0.579. The zero-order valence-corrected chi connectivity index (χ0v) is 12.2. The molecule has 0 unspecified atom stereocenters. The summed E-state index contributed by atoms with van der Waals surface area (Å²) in [7, 11) is 0. The Hall–Kier alpha value is -1.07. The summed E-state index contributed by atoms with van der Waals surface area (Å²) in [4.78, 5) is 0. The maximum atomic E-state index is 2.25. The maximum Gasteiger partial charge on any atom is 0 e. The minimum Gasteiger partial charge on any atom is -0.145 e. The van der Waals surface area contributed by atoms with Gasteiger partial charge in [-0.15, -0.1) is 34.5 Å². The molecule has 82 valence electrons. The van der Waals surface area contributed by atoms with Crippen molar-refractivity contribution in [2.24, 2.45) is 0 Å². The summed E-state index contributed by atoms with van der Waals surface area (Å²) in [6.07, 6.45) is 0. The van der Waals surface area contributed by atoms with E-state index in [1.165, 1.54) is 27.5 Å². The van der Waals surface area contributed by atoms with E-state index in [-0.39, 0.29) is 26.2 Å². The van der Waals surface area contributed by atoms with Crippen LogP contribution in [0.1, 0.15) is 5.56 Å². The van der Waals surface area contributed by atoms with Gasteiger partial charge in [0.15, 0.2) is 0 Å². The van der Waals surface area contributed by atoms with Gasteiger partial charge in [-0.2, -0.15) is 0 Å². The van der Waals surface area contributed by atoms with Gasteiger partial charge in [0.25, 0.3) is 0 Å². The first-order chi connectivity index (χ1) is 7.83. The van der Waals surface area contributed by atoms with Crippen LogP contribution in [0.4, 0.5) is 0 Å². The second-order valence-electron chi connectivity index (χ2n) is 4.24.